The fourth-order valence-electron chi connectivity index (χ4n) is 2.56. The molecule has 0 saturated heterocycles. The molecule has 0 atom stereocenters. The van der Waals surface area contributed by atoms with Crippen molar-refractivity contribution in [1.29, 1.82) is 0 Å². The van der Waals surface area contributed by atoms with Crippen LogP contribution in [0, 0.1) is 0 Å². The Hall–Kier alpha value is -3.35. The zero-order valence-corrected chi connectivity index (χ0v) is 14.4. The monoisotopic (exact) mass is 336 g/mol. The van der Waals surface area contributed by atoms with Crippen LogP contribution in [0.1, 0.15) is 5.56 Å². The summed E-state index contributed by atoms with van der Waals surface area (Å²) in [6.45, 7) is 0. The molecule has 2 aromatic heterocycles. The van der Waals surface area contributed by atoms with Crippen LogP contribution in [0.5, 0.6) is 0 Å². The van der Waals surface area contributed by atoms with Gasteiger partial charge in [0.25, 0.3) is 0 Å². The Morgan fingerprint density at radius 1 is 1.24 bits per heavy atom. The van der Waals surface area contributed by atoms with Crippen LogP contribution < -0.4 is 16.1 Å². The number of H-pyrrole nitrogens is 1. The van der Waals surface area contributed by atoms with Gasteiger partial charge in [-0.2, -0.15) is 5.10 Å². The van der Waals surface area contributed by atoms with Gasteiger partial charge in [-0.25, -0.2) is 0 Å². The highest BCUT2D eigenvalue weighted by atomic mass is 16.1. The molecule has 1 aromatic carbocycles. The molecule has 0 saturated carbocycles. The number of nitrogens with zero attached hydrogens (tertiary/aromatic N) is 3. The number of nitrogens with one attached hydrogen (secondary N) is 3. The van der Waals surface area contributed by atoms with Gasteiger partial charge in [0.15, 0.2) is 5.43 Å². The van der Waals surface area contributed by atoms with Crippen LogP contribution in [0.3, 0.4) is 0 Å². The van der Waals surface area contributed by atoms with Crippen LogP contribution in [-0.2, 0) is 7.05 Å². The minimum absolute atomic E-state index is 0.123. The van der Waals surface area contributed by atoms with Gasteiger partial charge < -0.3 is 15.6 Å². The molecular formula is C18H20N6O. The van der Waals surface area contributed by atoms with E-state index in [0.717, 1.165) is 17.1 Å². The first-order chi connectivity index (χ1) is 12.1. The number of hydrogen-bond acceptors (Lipinski definition) is 5. The van der Waals surface area contributed by atoms with E-state index in [-0.39, 0.29) is 5.43 Å². The molecule has 7 nitrogen and oxygen atoms in total. The van der Waals surface area contributed by atoms with Gasteiger partial charge in [0.05, 0.1) is 11.3 Å². The molecule has 0 fully saturated rings. The van der Waals surface area contributed by atoms with Crippen molar-refractivity contribution in [2.75, 3.05) is 24.7 Å². The first-order valence-electron chi connectivity index (χ1n) is 7.86. The summed E-state index contributed by atoms with van der Waals surface area (Å²) in [4.78, 5) is 19.4. The molecule has 128 valence electrons. The molecule has 25 heavy (non-hydrogen) atoms. The maximum absolute atomic E-state index is 12.3. The summed E-state index contributed by atoms with van der Waals surface area (Å²) >= 11 is 0. The first kappa shape index (κ1) is 16.5. The molecule has 7 heteroatoms. The smallest absolute Gasteiger partial charge is 0.194 e. The summed E-state index contributed by atoms with van der Waals surface area (Å²) in [7, 11) is 5.23. The Morgan fingerprint density at radius 2 is 2.00 bits per heavy atom. The Balaban J connectivity index is 1.94. The zero-order valence-electron chi connectivity index (χ0n) is 14.4. The van der Waals surface area contributed by atoms with Gasteiger partial charge in [0.1, 0.15) is 17.5 Å². The summed E-state index contributed by atoms with van der Waals surface area (Å²) < 4.78 is 1.74. The van der Waals surface area contributed by atoms with Gasteiger partial charge in [-0.15, -0.1) is 0 Å². The van der Waals surface area contributed by atoms with E-state index < -0.39 is 0 Å². The van der Waals surface area contributed by atoms with Gasteiger partial charge in [0, 0.05) is 45.1 Å². The molecular weight excluding hydrogens is 316 g/mol. The van der Waals surface area contributed by atoms with Crippen molar-refractivity contribution in [3.05, 3.63) is 58.3 Å². The molecule has 0 aliphatic heterocycles. The number of aryl methyl sites for hydroxylation is 1. The average molecular weight is 336 g/mol. The summed E-state index contributed by atoms with van der Waals surface area (Å²) in [5, 5.41) is 10.7. The molecule has 0 aliphatic rings. The molecule has 3 rings (SSSR count). The standard InChI is InChI=1S/C18H20N6O/c1-19-11-13-15(25)10-16(22-18(13)20-2)21-17-9-14(23-24(17)3)12-7-5-4-6-8-12/h4-11H,1-3H3,(H3,20,21,22,25). The molecule has 0 radical (unpaired) electrons. The summed E-state index contributed by atoms with van der Waals surface area (Å²) in [6.07, 6.45) is 1.53. The SMILES string of the molecule is CN=Cc1c(NC)[nH]c(Nc2cc(-c3ccccc3)nn2C)cc1=O. The third-order valence-electron chi connectivity index (χ3n) is 3.79. The number of hydrogen-bond donors (Lipinski definition) is 3. The molecule has 3 N–H and O–H groups in total. The molecule has 3 aromatic rings. The Kier molecular flexibility index (Phi) is 4.65. The number of pyridine rings is 1. The Bertz CT molecular complexity index is 955. The lowest BCUT2D eigenvalue weighted by Crippen LogP contribution is -2.14. The number of aromatic nitrogens is 3. The number of benzene rings is 1. The van der Waals surface area contributed by atoms with Crippen molar-refractivity contribution in [3.8, 4) is 11.3 Å². The van der Waals surface area contributed by atoms with Crippen LogP contribution >= 0.6 is 0 Å². The third-order valence-corrected chi connectivity index (χ3v) is 3.79. The maximum atomic E-state index is 12.3. The average Bonchev–Trinajstić information content (AvgIpc) is 2.98. The molecule has 0 bridgehead atoms. The lowest BCUT2D eigenvalue weighted by atomic mass is 10.1. The molecule has 2 heterocycles. The highest BCUT2D eigenvalue weighted by Gasteiger charge is 2.10. The van der Waals surface area contributed by atoms with Crippen molar-refractivity contribution >= 4 is 23.7 Å². The van der Waals surface area contributed by atoms with Gasteiger partial charge in [0.2, 0.25) is 0 Å². The van der Waals surface area contributed by atoms with E-state index in [0.29, 0.717) is 17.2 Å². The fraction of sp³-hybridized carbons (Fsp3) is 0.167. The largest absolute Gasteiger partial charge is 0.374 e. The Labute approximate surface area is 145 Å². The van der Waals surface area contributed by atoms with Crippen LogP contribution in [0.25, 0.3) is 11.3 Å². The van der Waals surface area contributed by atoms with Crippen LogP contribution in [-0.4, -0.2) is 35.1 Å². The lowest BCUT2D eigenvalue weighted by Gasteiger charge is -2.10. The predicted octanol–water partition coefficient (Wildman–Crippen LogP) is 2.61. The van der Waals surface area contributed by atoms with Gasteiger partial charge >= 0.3 is 0 Å². The second-order valence-electron chi connectivity index (χ2n) is 5.50. The second kappa shape index (κ2) is 7.04. The van der Waals surface area contributed by atoms with Crippen LogP contribution in [0.4, 0.5) is 17.5 Å². The fourth-order valence-corrected chi connectivity index (χ4v) is 2.56. The summed E-state index contributed by atoms with van der Waals surface area (Å²) in [6, 6.07) is 13.4. The van der Waals surface area contributed by atoms with Crippen LogP contribution in [0.2, 0.25) is 0 Å². The van der Waals surface area contributed by atoms with Gasteiger partial charge in [-0.1, -0.05) is 30.3 Å². The maximum Gasteiger partial charge on any atom is 0.194 e. The third kappa shape index (κ3) is 3.45. The topological polar surface area (TPSA) is 87.1 Å². The van der Waals surface area contributed by atoms with Crippen molar-refractivity contribution in [1.82, 2.24) is 14.8 Å². The van der Waals surface area contributed by atoms with E-state index >= 15 is 0 Å². The molecule has 0 unspecified atom stereocenters. The number of aliphatic imine (C=N–C) groups is 1. The molecule has 0 amide bonds. The van der Waals surface area contributed by atoms with Crippen LogP contribution in [0.15, 0.2) is 52.3 Å². The molecule has 0 aliphatic carbocycles. The normalized spacial score (nSPS) is 11.0. The minimum Gasteiger partial charge on any atom is -0.374 e. The van der Waals surface area contributed by atoms with E-state index in [1.54, 1.807) is 18.8 Å². The number of anilines is 3. The van der Waals surface area contributed by atoms with E-state index in [9.17, 15) is 4.79 Å². The number of aromatic amines is 1. The molecule has 0 spiro atoms. The first-order valence-corrected chi connectivity index (χ1v) is 7.86. The number of rotatable bonds is 5. The highest BCUT2D eigenvalue weighted by molar-refractivity contribution is 5.86. The summed E-state index contributed by atoms with van der Waals surface area (Å²) in [5.74, 6) is 1.95. The van der Waals surface area contributed by atoms with Crippen molar-refractivity contribution in [2.24, 2.45) is 12.0 Å². The lowest BCUT2D eigenvalue weighted by molar-refractivity contribution is 0.779. The quantitative estimate of drug-likeness (QED) is 0.625. The zero-order chi connectivity index (χ0) is 17.8. The van der Waals surface area contributed by atoms with Gasteiger partial charge in [-0.3, -0.25) is 14.5 Å². The van der Waals surface area contributed by atoms with Crippen molar-refractivity contribution < 1.29 is 0 Å². The summed E-state index contributed by atoms with van der Waals surface area (Å²) in [5.41, 5.74) is 2.26. The van der Waals surface area contributed by atoms with E-state index in [2.05, 4.69) is 25.7 Å². The van der Waals surface area contributed by atoms with Crippen molar-refractivity contribution in [3.63, 3.8) is 0 Å². The second-order valence-corrected chi connectivity index (χ2v) is 5.50. The Morgan fingerprint density at radius 3 is 2.68 bits per heavy atom. The van der Waals surface area contributed by atoms with Gasteiger partial charge in [-0.05, 0) is 0 Å². The van der Waals surface area contributed by atoms with E-state index in [1.807, 2.05) is 43.4 Å². The highest BCUT2D eigenvalue weighted by Crippen LogP contribution is 2.23. The van der Waals surface area contributed by atoms with Crippen molar-refractivity contribution in [2.45, 2.75) is 0 Å². The van der Waals surface area contributed by atoms with E-state index in [1.165, 1.54) is 12.3 Å². The van der Waals surface area contributed by atoms with E-state index in [4.69, 9.17) is 0 Å². The predicted molar refractivity (Wildman–Crippen MR) is 102 cm³/mol. The minimum atomic E-state index is -0.123.